The summed E-state index contributed by atoms with van der Waals surface area (Å²) in [7, 11) is 1.96. The van der Waals surface area contributed by atoms with E-state index in [1.54, 1.807) is 24.3 Å². The molecule has 0 saturated carbocycles. The Labute approximate surface area is 157 Å². The van der Waals surface area contributed by atoms with Gasteiger partial charge in [-0.3, -0.25) is 0 Å². The smallest absolute Gasteiger partial charge is 0.207 e. The quantitative estimate of drug-likeness (QED) is 0.408. The monoisotopic (exact) mass is 358 g/mol. The summed E-state index contributed by atoms with van der Waals surface area (Å²) in [6.07, 6.45) is 0. The van der Waals surface area contributed by atoms with Crippen LogP contribution in [-0.2, 0) is 7.05 Å². The Bertz CT molecular complexity index is 1000. The summed E-state index contributed by atoms with van der Waals surface area (Å²) >= 11 is 0. The van der Waals surface area contributed by atoms with Crippen LogP contribution in [0.4, 0.5) is 8.78 Å². The molecule has 27 heavy (non-hydrogen) atoms. The maximum absolute atomic E-state index is 13.4. The van der Waals surface area contributed by atoms with Gasteiger partial charge in [-0.2, -0.15) is 4.57 Å². The van der Waals surface area contributed by atoms with Crippen LogP contribution >= 0.6 is 0 Å². The van der Waals surface area contributed by atoms with Crippen molar-refractivity contribution in [3.63, 3.8) is 0 Å². The van der Waals surface area contributed by atoms with Crippen LogP contribution < -0.4 is 4.57 Å². The highest BCUT2D eigenvalue weighted by Crippen LogP contribution is 2.28. The van der Waals surface area contributed by atoms with Crippen molar-refractivity contribution in [2.24, 2.45) is 7.05 Å². The van der Waals surface area contributed by atoms with Crippen molar-refractivity contribution in [2.45, 2.75) is 0 Å². The van der Waals surface area contributed by atoms with E-state index in [2.05, 4.69) is 24.3 Å². The molecule has 0 amide bonds. The summed E-state index contributed by atoms with van der Waals surface area (Å²) in [6, 6.07) is 27.2. The van der Waals surface area contributed by atoms with Crippen LogP contribution in [0, 0.1) is 11.6 Å². The summed E-state index contributed by atoms with van der Waals surface area (Å²) in [5, 5.41) is 0. The van der Waals surface area contributed by atoms with E-state index in [4.69, 9.17) is 0 Å². The highest BCUT2D eigenvalue weighted by molar-refractivity contribution is 5.73. The van der Waals surface area contributed by atoms with Crippen LogP contribution in [0.25, 0.3) is 33.6 Å². The minimum absolute atomic E-state index is 0.264. The fourth-order valence-corrected chi connectivity index (χ4v) is 3.25. The molecule has 0 aliphatic rings. The average Bonchev–Trinajstić information content (AvgIpc) is 2.70. The first-order valence-electron chi connectivity index (χ1n) is 8.73. The van der Waals surface area contributed by atoms with Gasteiger partial charge >= 0.3 is 0 Å². The number of benzene rings is 3. The normalized spacial score (nSPS) is 10.8. The first-order chi connectivity index (χ1) is 13.1. The summed E-state index contributed by atoms with van der Waals surface area (Å²) in [6.45, 7) is 0. The van der Waals surface area contributed by atoms with Crippen molar-refractivity contribution in [1.29, 1.82) is 0 Å². The van der Waals surface area contributed by atoms with Crippen molar-refractivity contribution < 1.29 is 13.3 Å². The molecular weight excluding hydrogens is 340 g/mol. The Morgan fingerprint density at radius 2 is 0.963 bits per heavy atom. The van der Waals surface area contributed by atoms with Gasteiger partial charge in [0.1, 0.15) is 18.7 Å². The molecule has 1 aromatic heterocycles. The van der Waals surface area contributed by atoms with E-state index in [1.165, 1.54) is 24.3 Å². The molecule has 1 heterocycles. The first kappa shape index (κ1) is 17.1. The molecule has 0 fully saturated rings. The molecule has 0 bridgehead atoms. The van der Waals surface area contributed by atoms with E-state index in [1.807, 2.05) is 29.8 Å². The van der Waals surface area contributed by atoms with Gasteiger partial charge in [-0.15, -0.1) is 0 Å². The van der Waals surface area contributed by atoms with Crippen LogP contribution in [-0.4, -0.2) is 0 Å². The molecule has 3 heteroatoms. The molecule has 0 aliphatic heterocycles. The Hall–Kier alpha value is -3.33. The Kier molecular flexibility index (Phi) is 4.51. The number of hydrogen-bond donors (Lipinski definition) is 0. The van der Waals surface area contributed by atoms with Crippen LogP contribution in [0.5, 0.6) is 0 Å². The molecule has 0 atom stereocenters. The number of pyridine rings is 1. The van der Waals surface area contributed by atoms with Crippen LogP contribution in [0.3, 0.4) is 0 Å². The van der Waals surface area contributed by atoms with E-state index in [0.29, 0.717) is 0 Å². The number of rotatable bonds is 3. The maximum Gasteiger partial charge on any atom is 0.213 e. The highest BCUT2D eigenvalue weighted by atomic mass is 19.1. The number of aromatic nitrogens is 1. The van der Waals surface area contributed by atoms with Crippen molar-refractivity contribution in [2.75, 3.05) is 0 Å². The molecule has 0 aliphatic carbocycles. The molecule has 3 aromatic carbocycles. The molecule has 1 nitrogen and oxygen atoms in total. The molecule has 0 spiro atoms. The van der Waals surface area contributed by atoms with Gasteiger partial charge in [-0.25, -0.2) is 8.78 Å². The lowest BCUT2D eigenvalue weighted by molar-refractivity contribution is -0.649. The third-order valence-corrected chi connectivity index (χ3v) is 4.69. The van der Waals surface area contributed by atoms with Crippen molar-refractivity contribution in [3.8, 4) is 33.6 Å². The van der Waals surface area contributed by atoms with Crippen LogP contribution in [0.2, 0.25) is 0 Å². The predicted molar refractivity (Wildman–Crippen MR) is 104 cm³/mol. The fraction of sp³-hybridized carbons (Fsp3) is 0.0417. The molecule has 0 radical (unpaired) electrons. The van der Waals surface area contributed by atoms with Gasteiger partial charge in [-0.1, -0.05) is 30.3 Å². The Morgan fingerprint density at radius 3 is 1.41 bits per heavy atom. The lowest BCUT2D eigenvalue weighted by Gasteiger charge is -2.10. The zero-order valence-corrected chi connectivity index (χ0v) is 14.9. The summed E-state index contributed by atoms with van der Waals surface area (Å²) < 4.78 is 28.8. The van der Waals surface area contributed by atoms with E-state index in [0.717, 1.165) is 33.6 Å². The SMILES string of the molecule is C[n+]1c(-c2ccc(F)cc2)cc(-c2ccccc2)cc1-c1ccc(F)cc1. The molecule has 0 unspecified atom stereocenters. The topological polar surface area (TPSA) is 3.88 Å². The lowest BCUT2D eigenvalue weighted by Crippen LogP contribution is -2.34. The van der Waals surface area contributed by atoms with Gasteiger partial charge in [0.15, 0.2) is 0 Å². The summed E-state index contributed by atoms with van der Waals surface area (Å²) in [5.41, 5.74) is 5.88. The second kappa shape index (κ2) is 7.12. The van der Waals surface area contributed by atoms with Gasteiger partial charge in [0.2, 0.25) is 11.4 Å². The molecule has 0 N–H and O–H groups in total. The number of hydrogen-bond acceptors (Lipinski definition) is 0. The highest BCUT2D eigenvalue weighted by Gasteiger charge is 2.19. The van der Waals surface area contributed by atoms with E-state index >= 15 is 0 Å². The molecule has 4 aromatic rings. The van der Waals surface area contributed by atoms with Crippen molar-refractivity contribution in [3.05, 3.63) is 103 Å². The zero-order valence-electron chi connectivity index (χ0n) is 14.9. The second-order valence-corrected chi connectivity index (χ2v) is 6.45. The standard InChI is InChI=1S/C24H18F2N/c1-27-23(18-7-11-21(25)12-8-18)15-20(17-5-3-2-4-6-17)16-24(27)19-9-13-22(26)14-10-19/h2-16H,1H3/q+1. The Morgan fingerprint density at radius 1 is 0.519 bits per heavy atom. The van der Waals surface area contributed by atoms with Gasteiger partial charge < -0.3 is 0 Å². The predicted octanol–water partition coefficient (Wildman–Crippen LogP) is 5.79. The van der Waals surface area contributed by atoms with Crippen LogP contribution in [0.1, 0.15) is 0 Å². The number of nitrogens with zero attached hydrogens (tertiary/aromatic N) is 1. The van der Waals surface area contributed by atoms with Crippen molar-refractivity contribution in [1.82, 2.24) is 0 Å². The Balaban J connectivity index is 1.96. The third kappa shape index (κ3) is 3.49. The molecular formula is C24H18F2N+. The minimum Gasteiger partial charge on any atom is -0.207 e. The number of halogens is 2. The lowest BCUT2D eigenvalue weighted by atomic mass is 9.99. The molecule has 132 valence electrons. The van der Waals surface area contributed by atoms with Crippen molar-refractivity contribution >= 4 is 0 Å². The van der Waals surface area contributed by atoms with Gasteiger partial charge in [-0.05, 0) is 59.7 Å². The second-order valence-electron chi connectivity index (χ2n) is 6.45. The zero-order chi connectivity index (χ0) is 18.8. The van der Waals surface area contributed by atoms with Crippen LogP contribution in [0.15, 0.2) is 91.0 Å². The molecule has 4 rings (SSSR count). The van der Waals surface area contributed by atoms with E-state index in [-0.39, 0.29) is 11.6 Å². The fourth-order valence-electron chi connectivity index (χ4n) is 3.25. The average molecular weight is 358 g/mol. The van der Waals surface area contributed by atoms with Gasteiger partial charge in [0.25, 0.3) is 0 Å². The largest absolute Gasteiger partial charge is 0.213 e. The van der Waals surface area contributed by atoms with E-state index < -0.39 is 0 Å². The summed E-state index contributed by atoms with van der Waals surface area (Å²) in [4.78, 5) is 0. The first-order valence-corrected chi connectivity index (χ1v) is 8.73. The summed E-state index contributed by atoms with van der Waals surface area (Å²) in [5.74, 6) is -0.529. The van der Waals surface area contributed by atoms with Gasteiger partial charge in [0.05, 0.1) is 0 Å². The third-order valence-electron chi connectivity index (χ3n) is 4.69. The molecule has 0 saturated heterocycles. The maximum atomic E-state index is 13.4. The minimum atomic E-state index is -0.264. The van der Waals surface area contributed by atoms with Gasteiger partial charge in [0, 0.05) is 23.3 Å². The van der Waals surface area contributed by atoms with E-state index in [9.17, 15) is 8.78 Å².